The van der Waals surface area contributed by atoms with Crippen LogP contribution in [0.3, 0.4) is 0 Å². The predicted molar refractivity (Wildman–Crippen MR) is 66.1 cm³/mol. The Hall–Kier alpha value is -2.28. The van der Waals surface area contributed by atoms with Gasteiger partial charge in [-0.25, -0.2) is 0 Å². The number of Topliss-reactive ketones (excluding diaryl/α,β-unsaturated/α-hetero) is 1. The number of anilines is 2. The first-order valence-electron chi connectivity index (χ1n) is 5.35. The molecule has 4 heteroatoms. The molecule has 0 radical (unpaired) electrons. The molecule has 0 saturated carbocycles. The van der Waals surface area contributed by atoms with Crippen molar-refractivity contribution in [3.8, 4) is 12.3 Å². The predicted octanol–water partition coefficient (Wildman–Crippen LogP) is 1.28. The van der Waals surface area contributed by atoms with Gasteiger partial charge in [0, 0.05) is 12.2 Å². The molecule has 1 heterocycles. The van der Waals surface area contributed by atoms with Crippen LogP contribution in [0.2, 0.25) is 0 Å². The van der Waals surface area contributed by atoms with Gasteiger partial charge in [-0.1, -0.05) is 5.92 Å². The van der Waals surface area contributed by atoms with Crippen LogP contribution in [-0.2, 0) is 4.79 Å². The number of hydrogen-bond donors (Lipinski definition) is 1. The summed E-state index contributed by atoms with van der Waals surface area (Å²) in [6, 6.07) is 5.24. The molecule has 0 bridgehead atoms. The summed E-state index contributed by atoms with van der Waals surface area (Å²) in [5, 5.41) is 2.54. The highest BCUT2D eigenvalue weighted by molar-refractivity contribution is 6.51. The standard InChI is InChI=1S/C13H12N2O2/c1-3-7-15(4-2)9-5-6-10-11(8-9)14-13(17)12(10)16/h1,5-6,8H,4,7H2,2H3,(H,14,16,17). The number of carbonyl (C=O) groups excluding carboxylic acids is 2. The smallest absolute Gasteiger partial charge is 0.296 e. The van der Waals surface area contributed by atoms with E-state index in [-0.39, 0.29) is 0 Å². The number of nitrogens with zero attached hydrogens (tertiary/aromatic N) is 1. The zero-order chi connectivity index (χ0) is 12.4. The number of terminal acetylenes is 1. The van der Waals surface area contributed by atoms with E-state index < -0.39 is 11.7 Å². The van der Waals surface area contributed by atoms with Crippen molar-refractivity contribution in [2.24, 2.45) is 0 Å². The van der Waals surface area contributed by atoms with Gasteiger partial charge in [0.25, 0.3) is 11.7 Å². The molecule has 2 rings (SSSR count). The Bertz CT molecular complexity index is 529. The second kappa shape index (κ2) is 4.30. The molecule has 1 N–H and O–H groups in total. The Morgan fingerprint density at radius 1 is 1.41 bits per heavy atom. The number of fused-ring (bicyclic) bond motifs is 1. The maximum absolute atomic E-state index is 11.4. The molecule has 1 aromatic rings. The molecule has 1 amide bonds. The Kier molecular flexibility index (Phi) is 2.84. The minimum absolute atomic E-state index is 0.426. The third-order valence-electron chi connectivity index (χ3n) is 2.73. The first-order valence-corrected chi connectivity index (χ1v) is 5.35. The third kappa shape index (κ3) is 1.87. The van der Waals surface area contributed by atoms with Gasteiger partial charge >= 0.3 is 0 Å². The summed E-state index contributed by atoms with van der Waals surface area (Å²) < 4.78 is 0. The van der Waals surface area contributed by atoms with Crippen LogP contribution in [0.4, 0.5) is 11.4 Å². The first kappa shape index (κ1) is 11.2. The Balaban J connectivity index is 2.36. The van der Waals surface area contributed by atoms with Crippen molar-refractivity contribution >= 4 is 23.1 Å². The quantitative estimate of drug-likeness (QED) is 0.626. The molecule has 0 unspecified atom stereocenters. The minimum atomic E-state index is -0.572. The average molecular weight is 228 g/mol. The van der Waals surface area contributed by atoms with Gasteiger partial charge in [0.15, 0.2) is 0 Å². The molecule has 86 valence electrons. The molecule has 4 nitrogen and oxygen atoms in total. The lowest BCUT2D eigenvalue weighted by molar-refractivity contribution is -0.112. The number of hydrogen-bond acceptors (Lipinski definition) is 3. The highest BCUT2D eigenvalue weighted by Gasteiger charge is 2.28. The molecule has 0 aromatic heterocycles. The van der Waals surface area contributed by atoms with E-state index in [1.165, 1.54) is 0 Å². The van der Waals surface area contributed by atoms with Crippen LogP contribution in [0.15, 0.2) is 18.2 Å². The summed E-state index contributed by atoms with van der Waals surface area (Å²) in [7, 11) is 0. The summed E-state index contributed by atoms with van der Waals surface area (Å²) in [5.74, 6) is 1.52. The molecule has 1 aromatic carbocycles. The molecule has 17 heavy (non-hydrogen) atoms. The van der Waals surface area contributed by atoms with Gasteiger partial charge < -0.3 is 10.2 Å². The fourth-order valence-corrected chi connectivity index (χ4v) is 1.83. The Morgan fingerprint density at radius 2 is 2.18 bits per heavy atom. The van der Waals surface area contributed by atoms with Gasteiger partial charge in [-0.15, -0.1) is 6.42 Å². The number of carbonyl (C=O) groups is 2. The van der Waals surface area contributed by atoms with E-state index >= 15 is 0 Å². The van der Waals surface area contributed by atoms with Crippen LogP contribution in [0.1, 0.15) is 17.3 Å². The summed E-state index contributed by atoms with van der Waals surface area (Å²) in [6.45, 7) is 3.26. The van der Waals surface area contributed by atoms with E-state index in [4.69, 9.17) is 6.42 Å². The largest absolute Gasteiger partial charge is 0.361 e. The SMILES string of the molecule is C#CCN(CC)c1ccc2c(c1)NC(=O)C2=O. The monoisotopic (exact) mass is 228 g/mol. The van der Waals surface area contributed by atoms with E-state index in [0.29, 0.717) is 17.8 Å². The molecule has 1 aliphatic rings. The van der Waals surface area contributed by atoms with E-state index in [2.05, 4.69) is 11.2 Å². The van der Waals surface area contributed by atoms with Gasteiger partial charge in [0.2, 0.25) is 0 Å². The summed E-state index contributed by atoms with van der Waals surface area (Å²) in [6.07, 6.45) is 5.28. The third-order valence-corrected chi connectivity index (χ3v) is 2.73. The van der Waals surface area contributed by atoms with Crippen molar-refractivity contribution < 1.29 is 9.59 Å². The summed E-state index contributed by atoms with van der Waals surface area (Å²) in [4.78, 5) is 24.6. The molecular formula is C13H12N2O2. The first-order chi connectivity index (χ1) is 8.17. The second-order valence-corrected chi connectivity index (χ2v) is 3.73. The molecular weight excluding hydrogens is 216 g/mol. The summed E-state index contributed by atoms with van der Waals surface area (Å²) in [5.41, 5.74) is 1.89. The van der Waals surface area contributed by atoms with Crippen molar-refractivity contribution in [3.63, 3.8) is 0 Å². The van der Waals surface area contributed by atoms with Gasteiger partial charge in [-0.2, -0.15) is 0 Å². The molecule has 0 aliphatic carbocycles. The van der Waals surface area contributed by atoms with Crippen LogP contribution >= 0.6 is 0 Å². The number of rotatable bonds is 3. The zero-order valence-corrected chi connectivity index (χ0v) is 9.49. The fourth-order valence-electron chi connectivity index (χ4n) is 1.83. The van der Waals surface area contributed by atoms with E-state index in [9.17, 15) is 9.59 Å². The zero-order valence-electron chi connectivity index (χ0n) is 9.49. The van der Waals surface area contributed by atoms with Gasteiger partial charge in [0.05, 0.1) is 17.8 Å². The van der Waals surface area contributed by atoms with Crippen LogP contribution < -0.4 is 10.2 Å². The lowest BCUT2D eigenvalue weighted by Gasteiger charge is -2.20. The van der Waals surface area contributed by atoms with E-state index in [1.54, 1.807) is 18.2 Å². The van der Waals surface area contributed by atoms with Gasteiger partial charge in [-0.3, -0.25) is 9.59 Å². The highest BCUT2D eigenvalue weighted by atomic mass is 16.2. The maximum Gasteiger partial charge on any atom is 0.296 e. The van der Waals surface area contributed by atoms with E-state index in [1.807, 2.05) is 11.8 Å². The lowest BCUT2D eigenvalue weighted by atomic mass is 10.1. The highest BCUT2D eigenvalue weighted by Crippen LogP contribution is 2.28. The van der Waals surface area contributed by atoms with Gasteiger partial charge in [0.1, 0.15) is 0 Å². The Labute approximate surface area is 99.6 Å². The number of nitrogens with one attached hydrogen (secondary N) is 1. The van der Waals surface area contributed by atoms with Crippen LogP contribution in [0.5, 0.6) is 0 Å². The normalized spacial score (nSPS) is 12.9. The van der Waals surface area contributed by atoms with Crippen LogP contribution in [0.25, 0.3) is 0 Å². The van der Waals surface area contributed by atoms with Crippen LogP contribution in [-0.4, -0.2) is 24.8 Å². The number of benzene rings is 1. The van der Waals surface area contributed by atoms with E-state index in [0.717, 1.165) is 12.2 Å². The number of ketones is 1. The van der Waals surface area contributed by atoms with Crippen LogP contribution in [0, 0.1) is 12.3 Å². The molecule has 0 saturated heterocycles. The molecule has 1 aliphatic heterocycles. The molecule has 0 spiro atoms. The maximum atomic E-state index is 11.4. The minimum Gasteiger partial charge on any atom is -0.361 e. The fraction of sp³-hybridized carbons (Fsp3) is 0.231. The summed E-state index contributed by atoms with van der Waals surface area (Å²) >= 11 is 0. The number of amides is 1. The Morgan fingerprint density at radius 3 is 2.82 bits per heavy atom. The van der Waals surface area contributed by atoms with Crippen molar-refractivity contribution in [3.05, 3.63) is 23.8 Å². The molecule has 0 fully saturated rings. The van der Waals surface area contributed by atoms with Crippen molar-refractivity contribution in [1.82, 2.24) is 0 Å². The topological polar surface area (TPSA) is 49.4 Å². The van der Waals surface area contributed by atoms with Crippen molar-refractivity contribution in [2.75, 3.05) is 23.3 Å². The lowest BCUT2D eigenvalue weighted by Crippen LogP contribution is -2.22. The van der Waals surface area contributed by atoms with Gasteiger partial charge in [-0.05, 0) is 25.1 Å². The van der Waals surface area contributed by atoms with Crippen molar-refractivity contribution in [2.45, 2.75) is 6.92 Å². The molecule has 0 atom stereocenters. The van der Waals surface area contributed by atoms with Crippen molar-refractivity contribution in [1.29, 1.82) is 0 Å². The second-order valence-electron chi connectivity index (χ2n) is 3.73. The average Bonchev–Trinajstić information content (AvgIpc) is 2.61.